The molecule has 1 rings (SSSR count). The van der Waals surface area contributed by atoms with Gasteiger partial charge in [-0.2, -0.15) is 0 Å². The Morgan fingerprint density at radius 2 is 0.923 bits per heavy atom. The molecule has 4 atom stereocenters. The molecule has 0 saturated heterocycles. The average Bonchev–Trinajstić information content (AvgIpc) is 2.08. The third-order valence-electron chi connectivity index (χ3n) is 4.39. The summed E-state index contributed by atoms with van der Waals surface area (Å²) in [5, 5.41) is 0. The second-order valence-corrected chi connectivity index (χ2v) is 4.66. The zero-order valence-corrected chi connectivity index (χ0v) is 12.2. The van der Waals surface area contributed by atoms with Crippen LogP contribution < -0.4 is 0 Å². The van der Waals surface area contributed by atoms with Gasteiger partial charge >= 0.3 is 0 Å². The van der Waals surface area contributed by atoms with Gasteiger partial charge in [-0.1, -0.05) is 38.8 Å². The molecule has 4 unspecified atom stereocenters. The molecular formula is C12H22Os. The van der Waals surface area contributed by atoms with E-state index >= 15 is 0 Å². The van der Waals surface area contributed by atoms with Crippen molar-refractivity contribution in [3.05, 3.63) is 11.1 Å². The average molecular weight is 357 g/mol. The van der Waals surface area contributed by atoms with Gasteiger partial charge in [-0.05, 0) is 37.5 Å². The fraction of sp³-hybridized carbons (Fsp3) is 0.833. The van der Waals surface area contributed by atoms with Crippen molar-refractivity contribution in [2.75, 3.05) is 0 Å². The summed E-state index contributed by atoms with van der Waals surface area (Å²) < 4.78 is 0. The molecule has 0 amide bonds. The first-order valence-electron chi connectivity index (χ1n) is 5.14. The van der Waals surface area contributed by atoms with Crippen LogP contribution in [-0.2, 0) is 19.8 Å². The number of hydrogen-bond donors (Lipinski definition) is 0. The van der Waals surface area contributed by atoms with E-state index in [4.69, 9.17) is 0 Å². The summed E-state index contributed by atoms with van der Waals surface area (Å²) in [6.45, 7) is 14.1. The Labute approximate surface area is 96.2 Å². The van der Waals surface area contributed by atoms with Gasteiger partial charge in [-0.15, -0.1) is 0 Å². The van der Waals surface area contributed by atoms with Gasteiger partial charge in [0.05, 0.1) is 0 Å². The molecule has 0 N–H and O–H groups in total. The molecule has 0 spiro atoms. The molecule has 0 aromatic carbocycles. The molecule has 0 aliphatic heterocycles. The second-order valence-electron chi connectivity index (χ2n) is 4.66. The Hall–Kier alpha value is 0.376. The van der Waals surface area contributed by atoms with Gasteiger partial charge in [-0.25, -0.2) is 0 Å². The molecule has 0 aromatic rings. The molecule has 0 heterocycles. The summed E-state index contributed by atoms with van der Waals surface area (Å²) in [6.07, 6.45) is 0. The van der Waals surface area contributed by atoms with Crippen LogP contribution >= 0.6 is 0 Å². The largest absolute Gasteiger partial charge is 0.0710 e. The number of hydrogen-bond acceptors (Lipinski definition) is 0. The molecular weight excluding hydrogens is 334 g/mol. The molecule has 0 bridgehead atoms. The standard InChI is InChI=1S/C12H22.Os/c1-7-8(2)10(4)12(6)11(5)9(7)3;/h7-10H,1-6H3;. The summed E-state index contributed by atoms with van der Waals surface area (Å²) in [5.74, 6) is 3.28. The van der Waals surface area contributed by atoms with E-state index in [0.29, 0.717) is 0 Å². The van der Waals surface area contributed by atoms with Crippen molar-refractivity contribution in [3.63, 3.8) is 0 Å². The third kappa shape index (κ3) is 2.24. The minimum absolute atomic E-state index is 0. The quantitative estimate of drug-likeness (QED) is 0.578. The maximum Gasteiger partial charge on any atom is 0 e. The van der Waals surface area contributed by atoms with Crippen molar-refractivity contribution in [2.24, 2.45) is 23.7 Å². The molecule has 1 aliphatic carbocycles. The van der Waals surface area contributed by atoms with Crippen molar-refractivity contribution in [2.45, 2.75) is 41.5 Å². The van der Waals surface area contributed by atoms with E-state index in [0.717, 1.165) is 23.7 Å². The molecule has 1 aliphatic rings. The molecule has 1 heteroatoms. The van der Waals surface area contributed by atoms with Crippen molar-refractivity contribution < 1.29 is 19.8 Å². The van der Waals surface area contributed by atoms with Gasteiger partial charge in [0.1, 0.15) is 0 Å². The van der Waals surface area contributed by atoms with Crippen molar-refractivity contribution in [1.82, 2.24) is 0 Å². The van der Waals surface area contributed by atoms with E-state index < -0.39 is 0 Å². The first kappa shape index (κ1) is 13.4. The van der Waals surface area contributed by atoms with Crippen molar-refractivity contribution in [1.29, 1.82) is 0 Å². The SMILES string of the molecule is CC1=C(C)C(C)C(C)C(C)C1C.[Os]. The topological polar surface area (TPSA) is 0 Å². The van der Waals surface area contributed by atoms with Gasteiger partial charge in [0.25, 0.3) is 0 Å². The predicted molar refractivity (Wildman–Crippen MR) is 55.0 cm³/mol. The fourth-order valence-electron chi connectivity index (χ4n) is 2.42. The molecule has 78 valence electrons. The minimum atomic E-state index is 0. The second kappa shape index (κ2) is 4.74. The molecule has 0 saturated carbocycles. The summed E-state index contributed by atoms with van der Waals surface area (Å²) in [5.41, 5.74) is 3.27. The van der Waals surface area contributed by atoms with Gasteiger partial charge < -0.3 is 0 Å². The maximum atomic E-state index is 2.39. The van der Waals surface area contributed by atoms with E-state index in [1.54, 1.807) is 11.1 Å². The monoisotopic (exact) mass is 358 g/mol. The zero-order valence-electron chi connectivity index (χ0n) is 9.66. The first-order valence-corrected chi connectivity index (χ1v) is 5.14. The van der Waals surface area contributed by atoms with Gasteiger partial charge in [0, 0.05) is 19.8 Å². The van der Waals surface area contributed by atoms with Gasteiger partial charge in [-0.3, -0.25) is 0 Å². The van der Waals surface area contributed by atoms with E-state index in [9.17, 15) is 0 Å². The van der Waals surface area contributed by atoms with E-state index in [1.165, 1.54) is 0 Å². The van der Waals surface area contributed by atoms with E-state index in [-0.39, 0.29) is 19.8 Å². The summed E-state index contributed by atoms with van der Waals surface area (Å²) in [7, 11) is 0. The molecule has 0 aromatic heterocycles. The van der Waals surface area contributed by atoms with Gasteiger partial charge in [0.15, 0.2) is 0 Å². The first-order chi connectivity index (χ1) is 5.46. The Balaban J connectivity index is 0.00000144. The zero-order chi connectivity index (χ0) is 9.46. The van der Waals surface area contributed by atoms with Crippen LogP contribution in [0.4, 0.5) is 0 Å². The normalized spacial score (nSPS) is 40.2. The van der Waals surface area contributed by atoms with E-state index in [2.05, 4.69) is 41.5 Å². The molecule has 0 nitrogen and oxygen atoms in total. The smallest absolute Gasteiger partial charge is 0 e. The summed E-state index contributed by atoms with van der Waals surface area (Å²) >= 11 is 0. The van der Waals surface area contributed by atoms with Crippen LogP contribution in [0.1, 0.15) is 41.5 Å². The molecule has 0 fully saturated rings. The van der Waals surface area contributed by atoms with Crippen LogP contribution in [-0.4, -0.2) is 0 Å². The fourth-order valence-corrected chi connectivity index (χ4v) is 2.42. The van der Waals surface area contributed by atoms with Crippen LogP contribution in [0, 0.1) is 23.7 Å². The van der Waals surface area contributed by atoms with Crippen LogP contribution in [0.5, 0.6) is 0 Å². The van der Waals surface area contributed by atoms with Crippen LogP contribution in [0.15, 0.2) is 11.1 Å². The maximum absolute atomic E-state index is 2.39. The van der Waals surface area contributed by atoms with Gasteiger partial charge in [0.2, 0.25) is 0 Å². The Morgan fingerprint density at radius 1 is 0.692 bits per heavy atom. The number of rotatable bonds is 0. The Bertz CT molecular complexity index is 183. The van der Waals surface area contributed by atoms with E-state index in [1.807, 2.05) is 0 Å². The summed E-state index contributed by atoms with van der Waals surface area (Å²) in [4.78, 5) is 0. The van der Waals surface area contributed by atoms with Crippen molar-refractivity contribution >= 4 is 0 Å². The van der Waals surface area contributed by atoms with Crippen LogP contribution in [0.2, 0.25) is 0 Å². The van der Waals surface area contributed by atoms with Crippen LogP contribution in [0.25, 0.3) is 0 Å². The minimum Gasteiger partial charge on any atom is -0.0710 e. The Kier molecular flexibility index (Phi) is 4.88. The number of allylic oxidation sites excluding steroid dienone is 2. The Morgan fingerprint density at radius 3 is 1.15 bits per heavy atom. The molecule has 0 radical (unpaired) electrons. The predicted octanol–water partition coefficient (Wildman–Crippen LogP) is 3.88. The third-order valence-corrected chi connectivity index (χ3v) is 4.39. The van der Waals surface area contributed by atoms with Crippen LogP contribution in [0.3, 0.4) is 0 Å². The van der Waals surface area contributed by atoms with Crippen molar-refractivity contribution in [3.8, 4) is 0 Å². The molecule has 13 heavy (non-hydrogen) atoms. The summed E-state index contributed by atoms with van der Waals surface area (Å²) in [6, 6.07) is 0.